The van der Waals surface area contributed by atoms with E-state index in [0.29, 0.717) is 22.5 Å². The molecule has 10 aromatic rings. The Labute approximate surface area is 295 Å². The Morgan fingerprint density at radius 2 is 1.00 bits per heavy atom. The molecule has 0 aliphatic rings. The van der Waals surface area contributed by atoms with Gasteiger partial charge in [0.1, 0.15) is 11.2 Å². The molecule has 0 saturated carbocycles. The molecular formula is C48H31NO. The number of rotatable bonds is 5. The third kappa shape index (κ3) is 4.73. The van der Waals surface area contributed by atoms with Crippen LogP contribution in [0.1, 0.15) is 5.48 Å². The second-order valence-corrected chi connectivity index (χ2v) is 12.6. The standard InChI is InChI=1S/C48H31NO/c1-3-12-36-29-39(21-19-32(36)9-1)34-23-26-41(27-24-34)49(42-15-7-14-38(31-42)40-22-20-33-10-2-4-13-37(33)30-40)45-17-8-18-46-47(45)44-28-25-35-11-5-6-16-43(35)48(44)50-46/h1-31H/i23D,24D,26D,27D. The lowest BCUT2D eigenvalue weighted by atomic mass is 9.99. The molecule has 1 heterocycles. The zero-order chi connectivity index (χ0) is 36.5. The van der Waals surface area contributed by atoms with Crippen molar-refractivity contribution in [1.82, 2.24) is 0 Å². The molecule has 0 spiro atoms. The van der Waals surface area contributed by atoms with Crippen molar-refractivity contribution < 1.29 is 9.90 Å². The summed E-state index contributed by atoms with van der Waals surface area (Å²) in [5, 5.41) is 8.07. The fourth-order valence-corrected chi connectivity index (χ4v) is 7.21. The van der Waals surface area contributed by atoms with Crippen LogP contribution in [-0.4, -0.2) is 0 Å². The van der Waals surface area contributed by atoms with E-state index in [1.807, 2.05) is 102 Å². The van der Waals surface area contributed by atoms with Crippen molar-refractivity contribution >= 4 is 71.3 Å². The minimum absolute atomic E-state index is 0.104. The SMILES string of the molecule is [2H]c1c([2H])c(N(c2cccc(-c3ccc4ccccc4c3)c2)c2cccc3oc4c5ccccc5ccc4c23)c([2H])c([2H])c1-c1ccc2ccccc2c1. The van der Waals surface area contributed by atoms with Crippen LogP contribution in [0.3, 0.4) is 0 Å². The van der Waals surface area contributed by atoms with E-state index in [9.17, 15) is 5.48 Å². The molecule has 50 heavy (non-hydrogen) atoms. The molecule has 2 nitrogen and oxygen atoms in total. The van der Waals surface area contributed by atoms with Gasteiger partial charge in [-0.05, 0) is 104 Å². The van der Waals surface area contributed by atoms with Crippen LogP contribution in [0.4, 0.5) is 17.1 Å². The fourth-order valence-electron chi connectivity index (χ4n) is 7.21. The topological polar surface area (TPSA) is 16.4 Å². The lowest BCUT2D eigenvalue weighted by molar-refractivity contribution is 0.672. The molecular weight excluding hydrogens is 607 g/mol. The molecule has 0 unspecified atom stereocenters. The summed E-state index contributed by atoms with van der Waals surface area (Å²) in [6.07, 6.45) is 0. The molecule has 0 fully saturated rings. The second-order valence-electron chi connectivity index (χ2n) is 12.6. The lowest BCUT2D eigenvalue weighted by Crippen LogP contribution is -2.10. The highest BCUT2D eigenvalue weighted by molar-refractivity contribution is 6.19. The third-order valence-corrected chi connectivity index (χ3v) is 9.67. The highest BCUT2D eigenvalue weighted by Gasteiger charge is 2.21. The maximum absolute atomic E-state index is 9.61. The van der Waals surface area contributed by atoms with Crippen LogP contribution in [0.25, 0.3) is 76.5 Å². The van der Waals surface area contributed by atoms with E-state index < -0.39 is 0 Å². The van der Waals surface area contributed by atoms with E-state index in [1.54, 1.807) is 0 Å². The van der Waals surface area contributed by atoms with Gasteiger partial charge in [0.2, 0.25) is 0 Å². The monoisotopic (exact) mass is 641 g/mol. The van der Waals surface area contributed by atoms with Gasteiger partial charge in [0.05, 0.1) is 16.6 Å². The molecule has 0 saturated heterocycles. The summed E-state index contributed by atoms with van der Waals surface area (Å²) in [5.41, 5.74) is 5.86. The molecule has 0 atom stereocenters. The average Bonchev–Trinajstić information content (AvgIpc) is 3.61. The number of anilines is 3. The van der Waals surface area contributed by atoms with Crippen LogP contribution in [0.15, 0.2) is 192 Å². The summed E-state index contributed by atoms with van der Waals surface area (Å²) in [5.74, 6) is 0. The van der Waals surface area contributed by atoms with E-state index in [1.165, 1.54) is 0 Å². The van der Waals surface area contributed by atoms with Gasteiger partial charge in [-0.2, -0.15) is 0 Å². The number of benzene rings is 9. The summed E-state index contributed by atoms with van der Waals surface area (Å²) < 4.78 is 44.6. The summed E-state index contributed by atoms with van der Waals surface area (Å²) >= 11 is 0. The number of hydrogen-bond acceptors (Lipinski definition) is 2. The fraction of sp³-hybridized carbons (Fsp3) is 0. The highest BCUT2D eigenvalue weighted by Crippen LogP contribution is 2.45. The smallest absolute Gasteiger partial charge is 0.143 e. The van der Waals surface area contributed by atoms with Crippen LogP contribution in [0.2, 0.25) is 0 Å². The van der Waals surface area contributed by atoms with Gasteiger partial charge in [-0.3, -0.25) is 0 Å². The van der Waals surface area contributed by atoms with Crippen molar-refractivity contribution in [2.45, 2.75) is 0 Å². The molecule has 0 aliphatic carbocycles. The van der Waals surface area contributed by atoms with Gasteiger partial charge in [0.25, 0.3) is 0 Å². The van der Waals surface area contributed by atoms with Crippen molar-refractivity contribution in [2.24, 2.45) is 0 Å². The first-order valence-electron chi connectivity index (χ1n) is 18.8. The molecule has 10 rings (SSSR count). The van der Waals surface area contributed by atoms with Crippen LogP contribution >= 0.6 is 0 Å². The Balaban J connectivity index is 1.24. The van der Waals surface area contributed by atoms with Gasteiger partial charge in [-0.1, -0.05) is 133 Å². The second kappa shape index (κ2) is 11.5. The van der Waals surface area contributed by atoms with Crippen molar-refractivity contribution in [3.8, 4) is 22.3 Å². The Morgan fingerprint density at radius 1 is 0.400 bits per heavy atom. The van der Waals surface area contributed by atoms with Gasteiger partial charge in [-0.15, -0.1) is 0 Å². The van der Waals surface area contributed by atoms with E-state index in [-0.39, 0.29) is 35.4 Å². The molecule has 1 aromatic heterocycles. The maximum atomic E-state index is 9.61. The van der Waals surface area contributed by atoms with Crippen LogP contribution < -0.4 is 4.90 Å². The predicted octanol–water partition coefficient (Wildman–Crippen LogP) is 13.8. The zero-order valence-electron chi connectivity index (χ0n) is 30.9. The summed E-state index contributed by atoms with van der Waals surface area (Å²) in [4.78, 5) is 1.88. The first kappa shape index (κ1) is 24.5. The quantitative estimate of drug-likeness (QED) is 0.186. The Morgan fingerprint density at radius 3 is 1.74 bits per heavy atom. The summed E-state index contributed by atoms with van der Waals surface area (Å²) in [7, 11) is 0. The number of hydrogen-bond donors (Lipinski definition) is 0. The van der Waals surface area contributed by atoms with E-state index in [4.69, 9.17) is 4.42 Å². The largest absolute Gasteiger partial charge is 0.455 e. The molecule has 0 radical (unpaired) electrons. The van der Waals surface area contributed by atoms with Gasteiger partial charge in [0, 0.05) is 22.1 Å². The van der Waals surface area contributed by atoms with Gasteiger partial charge in [0.15, 0.2) is 0 Å². The lowest BCUT2D eigenvalue weighted by Gasteiger charge is -2.27. The molecule has 0 amide bonds. The minimum atomic E-state index is -0.134. The summed E-state index contributed by atoms with van der Waals surface area (Å²) in [6, 6.07) is 54.1. The van der Waals surface area contributed by atoms with Crippen LogP contribution in [-0.2, 0) is 0 Å². The van der Waals surface area contributed by atoms with E-state index in [0.717, 1.165) is 59.8 Å². The molecule has 0 bridgehead atoms. The van der Waals surface area contributed by atoms with Crippen LogP contribution in [0, 0.1) is 0 Å². The summed E-state index contributed by atoms with van der Waals surface area (Å²) in [6.45, 7) is 0. The molecule has 2 heteroatoms. The van der Waals surface area contributed by atoms with Crippen molar-refractivity contribution in [1.29, 1.82) is 0 Å². The zero-order valence-corrected chi connectivity index (χ0v) is 26.9. The molecule has 234 valence electrons. The van der Waals surface area contributed by atoms with Gasteiger partial charge >= 0.3 is 0 Å². The Kier molecular flexibility index (Phi) is 5.64. The maximum Gasteiger partial charge on any atom is 0.143 e. The Bertz CT molecular complexity index is 3100. The van der Waals surface area contributed by atoms with E-state index in [2.05, 4.69) is 66.7 Å². The highest BCUT2D eigenvalue weighted by atomic mass is 16.3. The number of nitrogens with zero attached hydrogens (tertiary/aromatic N) is 1. The van der Waals surface area contributed by atoms with Crippen LogP contribution in [0.5, 0.6) is 0 Å². The normalized spacial score (nSPS) is 12.7. The van der Waals surface area contributed by atoms with Gasteiger partial charge in [-0.25, -0.2) is 0 Å². The first-order valence-corrected chi connectivity index (χ1v) is 16.8. The first-order chi connectivity index (χ1) is 26.4. The van der Waals surface area contributed by atoms with Gasteiger partial charge < -0.3 is 9.32 Å². The van der Waals surface area contributed by atoms with Crippen molar-refractivity contribution in [3.05, 3.63) is 188 Å². The molecule has 9 aromatic carbocycles. The minimum Gasteiger partial charge on any atom is -0.455 e. The number of furan rings is 1. The molecule has 0 aliphatic heterocycles. The van der Waals surface area contributed by atoms with E-state index >= 15 is 0 Å². The van der Waals surface area contributed by atoms with Crippen molar-refractivity contribution in [3.63, 3.8) is 0 Å². The molecule has 0 N–H and O–H groups in total. The Hall–Kier alpha value is -6.64. The van der Waals surface area contributed by atoms with Crippen molar-refractivity contribution in [2.75, 3.05) is 4.90 Å². The number of fused-ring (bicyclic) bond motifs is 7. The predicted molar refractivity (Wildman–Crippen MR) is 212 cm³/mol. The third-order valence-electron chi connectivity index (χ3n) is 9.67. The average molecular weight is 642 g/mol.